The second-order valence-corrected chi connectivity index (χ2v) is 7.24. The lowest BCUT2D eigenvalue weighted by Gasteiger charge is -2.30. The first-order valence-electron chi connectivity index (χ1n) is 6.98. The summed E-state index contributed by atoms with van der Waals surface area (Å²) in [7, 11) is 0. The maximum absolute atomic E-state index is 12.8. The number of carbonyl (C=O) groups excluding carboxylic acids is 1. The Morgan fingerprint density at radius 2 is 2.20 bits per heavy atom. The molecule has 1 amide bonds. The zero-order valence-electron chi connectivity index (χ0n) is 11.8. The summed E-state index contributed by atoms with van der Waals surface area (Å²) in [5, 5.41) is 3.46. The summed E-state index contributed by atoms with van der Waals surface area (Å²) in [6.45, 7) is 5.97. The van der Waals surface area contributed by atoms with Crippen molar-refractivity contribution in [3.05, 3.63) is 32.7 Å². The van der Waals surface area contributed by atoms with Crippen LogP contribution in [0.15, 0.2) is 27.1 Å². The van der Waals surface area contributed by atoms with Crippen molar-refractivity contribution in [2.75, 3.05) is 13.1 Å². The van der Waals surface area contributed by atoms with Crippen molar-refractivity contribution in [3.8, 4) is 0 Å². The normalized spacial score (nSPS) is 18.6. The Kier molecular flexibility index (Phi) is 5.64. The van der Waals surface area contributed by atoms with Gasteiger partial charge in [-0.15, -0.1) is 0 Å². The zero-order chi connectivity index (χ0) is 14.7. The van der Waals surface area contributed by atoms with E-state index in [1.807, 2.05) is 23.1 Å². The Morgan fingerprint density at radius 3 is 2.80 bits per heavy atom. The molecule has 1 heterocycles. The van der Waals surface area contributed by atoms with Gasteiger partial charge in [-0.3, -0.25) is 4.79 Å². The first-order chi connectivity index (χ1) is 9.49. The standard InChI is InChI=1S/C15H20Br2N2O/c1-10(2)19(9-12-4-3-7-18-12)15(20)13-8-11(16)5-6-14(13)17/h5-6,8,10,12,18H,3-4,7,9H2,1-2H3. The largest absolute Gasteiger partial charge is 0.335 e. The second-order valence-electron chi connectivity index (χ2n) is 5.47. The molecular weight excluding hydrogens is 384 g/mol. The van der Waals surface area contributed by atoms with Gasteiger partial charge in [-0.25, -0.2) is 0 Å². The fourth-order valence-corrected chi connectivity index (χ4v) is 3.27. The summed E-state index contributed by atoms with van der Waals surface area (Å²) in [5.74, 6) is 0.0851. The number of halogens is 2. The monoisotopic (exact) mass is 402 g/mol. The van der Waals surface area contributed by atoms with Crippen LogP contribution < -0.4 is 5.32 Å². The predicted octanol–water partition coefficient (Wildman–Crippen LogP) is 3.81. The molecule has 0 aromatic heterocycles. The van der Waals surface area contributed by atoms with Crippen LogP contribution in [0.1, 0.15) is 37.0 Å². The van der Waals surface area contributed by atoms with E-state index in [1.54, 1.807) is 0 Å². The van der Waals surface area contributed by atoms with Crippen LogP contribution in [0.4, 0.5) is 0 Å². The maximum Gasteiger partial charge on any atom is 0.255 e. The van der Waals surface area contributed by atoms with Crippen molar-refractivity contribution in [3.63, 3.8) is 0 Å². The Labute approximate surface area is 137 Å². The number of rotatable bonds is 4. The molecule has 1 aliphatic heterocycles. The average molecular weight is 404 g/mol. The molecule has 1 aliphatic rings. The minimum absolute atomic E-state index is 0.0851. The number of carbonyl (C=O) groups is 1. The van der Waals surface area contributed by atoms with Crippen LogP contribution in [-0.4, -0.2) is 36.0 Å². The second kappa shape index (κ2) is 7.05. The maximum atomic E-state index is 12.8. The van der Waals surface area contributed by atoms with Crippen molar-refractivity contribution in [1.29, 1.82) is 0 Å². The molecule has 5 heteroatoms. The quantitative estimate of drug-likeness (QED) is 0.828. The van der Waals surface area contributed by atoms with Crippen molar-refractivity contribution in [1.82, 2.24) is 10.2 Å². The number of hydrogen-bond acceptors (Lipinski definition) is 2. The highest BCUT2D eigenvalue weighted by Gasteiger charge is 2.25. The molecule has 1 fully saturated rings. The van der Waals surface area contributed by atoms with Crippen LogP contribution in [0, 0.1) is 0 Å². The van der Waals surface area contributed by atoms with Crippen molar-refractivity contribution < 1.29 is 4.79 Å². The fourth-order valence-electron chi connectivity index (χ4n) is 2.49. The molecule has 1 aromatic carbocycles. The lowest BCUT2D eigenvalue weighted by Crippen LogP contribution is -2.44. The Bertz CT molecular complexity index is 485. The molecule has 0 spiro atoms. The van der Waals surface area contributed by atoms with Crippen molar-refractivity contribution >= 4 is 37.8 Å². The Balaban J connectivity index is 2.19. The smallest absolute Gasteiger partial charge is 0.255 e. The van der Waals surface area contributed by atoms with Crippen LogP contribution >= 0.6 is 31.9 Å². The summed E-state index contributed by atoms with van der Waals surface area (Å²) in [5.41, 5.74) is 0.714. The van der Waals surface area contributed by atoms with E-state index >= 15 is 0 Å². The lowest BCUT2D eigenvalue weighted by atomic mass is 10.1. The molecule has 1 N–H and O–H groups in total. The highest BCUT2D eigenvalue weighted by atomic mass is 79.9. The highest BCUT2D eigenvalue weighted by Crippen LogP contribution is 2.24. The number of benzene rings is 1. The summed E-state index contributed by atoms with van der Waals surface area (Å²) >= 11 is 6.91. The van der Waals surface area contributed by atoms with Gasteiger partial charge < -0.3 is 10.2 Å². The molecule has 0 bridgehead atoms. The van der Waals surface area contributed by atoms with Gasteiger partial charge in [0.15, 0.2) is 0 Å². The topological polar surface area (TPSA) is 32.3 Å². The van der Waals surface area contributed by atoms with Crippen molar-refractivity contribution in [2.24, 2.45) is 0 Å². The molecule has 0 radical (unpaired) electrons. The first kappa shape index (κ1) is 16.0. The van der Waals surface area contributed by atoms with E-state index in [4.69, 9.17) is 0 Å². The Hall–Kier alpha value is -0.390. The van der Waals surface area contributed by atoms with Gasteiger partial charge in [0, 0.05) is 27.6 Å². The SMILES string of the molecule is CC(C)N(CC1CCCN1)C(=O)c1cc(Br)ccc1Br. The van der Waals surface area contributed by atoms with E-state index in [-0.39, 0.29) is 11.9 Å². The van der Waals surface area contributed by atoms with E-state index < -0.39 is 0 Å². The highest BCUT2D eigenvalue weighted by molar-refractivity contribution is 9.11. The van der Waals surface area contributed by atoms with Crippen LogP contribution in [0.5, 0.6) is 0 Å². The molecule has 1 aromatic rings. The van der Waals surface area contributed by atoms with E-state index in [0.29, 0.717) is 11.6 Å². The summed E-state index contributed by atoms with van der Waals surface area (Å²) in [4.78, 5) is 14.7. The van der Waals surface area contributed by atoms with Crippen LogP contribution in [0.25, 0.3) is 0 Å². The third kappa shape index (κ3) is 3.83. The molecule has 1 unspecified atom stereocenters. The van der Waals surface area contributed by atoms with Gasteiger partial charge in [0.25, 0.3) is 5.91 Å². The van der Waals surface area contributed by atoms with E-state index in [0.717, 1.165) is 28.5 Å². The molecule has 1 saturated heterocycles. The van der Waals surface area contributed by atoms with Gasteiger partial charge in [0.1, 0.15) is 0 Å². The van der Waals surface area contributed by atoms with E-state index in [9.17, 15) is 4.79 Å². The van der Waals surface area contributed by atoms with Gasteiger partial charge >= 0.3 is 0 Å². The fraction of sp³-hybridized carbons (Fsp3) is 0.533. The third-order valence-electron chi connectivity index (χ3n) is 3.62. The average Bonchev–Trinajstić information content (AvgIpc) is 2.90. The van der Waals surface area contributed by atoms with Gasteiger partial charge in [-0.2, -0.15) is 0 Å². The van der Waals surface area contributed by atoms with Gasteiger partial charge in [0.2, 0.25) is 0 Å². The first-order valence-corrected chi connectivity index (χ1v) is 8.57. The minimum atomic E-state index is 0.0851. The van der Waals surface area contributed by atoms with Crippen LogP contribution in [0.3, 0.4) is 0 Å². The molecule has 1 atom stereocenters. The third-order valence-corrected chi connectivity index (χ3v) is 4.81. The lowest BCUT2D eigenvalue weighted by molar-refractivity contribution is 0.0688. The number of amides is 1. The molecule has 3 nitrogen and oxygen atoms in total. The molecule has 20 heavy (non-hydrogen) atoms. The van der Waals surface area contributed by atoms with Gasteiger partial charge in [0.05, 0.1) is 5.56 Å². The zero-order valence-corrected chi connectivity index (χ0v) is 15.0. The number of nitrogens with one attached hydrogen (secondary N) is 1. The summed E-state index contributed by atoms with van der Waals surface area (Å²) in [6, 6.07) is 6.33. The van der Waals surface area contributed by atoms with Crippen LogP contribution in [0.2, 0.25) is 0 Å². The summed E-state index contributed by atoms with van der Waals surface area (Å²) < 4.78 is 1.77. The number of hydrogen-bond donors (Lipinski definition) is 1. The van der Waals surface area contributed by atoms with Gasteiger partial charge in [-0.05, 0) is 67.4 Å². The minimum Gasteiger partial charge on any atom is -0.335 e. The molecule has 0 saturated carbocycles. The van der Waals surface area contributed by atoms with E-state index in [1.165, 1.54) is 6.42 Å². The van der Waals surface area contributed by atoms with Gasteiger partial charge in [-0.1, -0.05) is 15.9 Å². The predicted molar refractivity (Wildman–Crippen MR) is 89.0 cm³/mol. The van der Waals surface area contributed by atoms with Crippen molar-refractivity contribution in [2.45, 2.75) is 38.8 Å². The summed E-state index contributed by atoms with van der Waals surface area (Å²) in [6.07, 6.45) is 2.35. The Morgan fingerprint density at radius 1 is 1.45 bits per heavy atom. The molecule has 0 aliphatic carbocycles. The van der Waals surface area contributed by atoms with E-state index in [2.05, 4.69) is 51.0 Å². The molecular formula is C15H20Br2N2O. The number of nitrogens with zero attached hydrogens (tertiary/aromatic N) is 1. The van der Waals surface area contributed by atoms with Crippen LogP contribution in [-0.2, 0) is 0 Å². The molecule has 2 rings (SSSR count). The molecule has 110 valence electrons.